The van der Waals surface area contributed by atoms with Crippen molar-refractivity contribution in [3.8, 4) is 5.75 Å². The van der Waals surface area contributed by atoms with Crippen LogP contribution in [0.4, 0.5) is 0 Å². The van der Waals surface area contributed by atoms with Gasteiger partial charge in [-0.3, -0.25) is 25.2 Å². The molecule has 0 spiro atoms. The first-order valence-electron chi connectivity index (χ1n) is 9.81. The van der Waals surface area contributed by atoms with Gasteiger partial charge in [0.05, 0.1) is 11.1 Å². The lowest BCUT2D eigenvalue weighted by Crippen LogP contribution is -2.42. The molecule has 7 nitrogen and oxygen atoms in total. The third-order valence-electron chi connectivity index (χ3n) is 4.18. The predicted molar refractivity (Wildman–Crippen MR) is 118 cm³/mol. The van der Waals surface area contributed by atoms with Gasteiger partial charge in [0.15, 0.2) is 0 Å². The fourth-order valence-corrected chi connectivity index (χ4v) is 2.95. The monoisotopic (exact) mass is 475 g/mol. The van der Waals surface area contributed by atoms with Crippen LogP contribution in [0.2, 0.25) is 0 Å². The molecule has 2 aromatic rings. The molecule has 0 saturated carbocycles. The minimum Gasteiger partial charge on any atom is -0.492 e. The van der Waals surface area contributed by atoms with Crippen LogP contribution in [0.3, 0.4) is 0 Å². The summed E-state index contributed by atoms with van der Waals surface area (Å²) in [5.41, 5.74) is 6.02. The van der Waals surface area contributed by atoms with Crippen molar-refractivity contribution in [2.24, 2.45) is 0 Å². The Labute approximate surface area is 184 Å². The SMILES string of the molecule is CCCCOc1ccc(C(=O)NNC(=O)CCC(=O)NCc2ccccc2)cc1Br. The Balaban J connectivity index is 1.70. The van der Waals surface area contributed by atoms with Gasteiger partial charge in [0, 0.05) is 24.9 Å². The molecule has 0 atom stereocenters. The molecule has 30 heavy (non-hydrogen) atoms. The molecule has 0 unspecified atom stereocenters. The molecule has 2 aromatic carbocycles. The summed E-state index contributed by atoms with van der Waals surface area (Å²) in [6.45, 7) is 3.10. The van der Waals surface area contributed by atoms with E-state index in [2.05, 4.69) is 39.0 Å². The summed E-state index contributed by atoms with van der Waals surface area (Å²) in [6.07, 6.45) is 1.98. The van der Waals surface area contributed by atoms with Crippen LogP contribution in [0.5, 0.6) is 5.75 Å². The second-order valence-electron chi connectivity index (χ2n) is 6.61. The van der Waals surface area contributed by atoms with Crippen molar-refractivity contribution < 1.29 is 19.1 Å². The van der Waals surface area contributed by atoms with Crippen LogP contribution in [0.15, 0.2) is 53.0 Å². The number of benzene rings is 2. The van der Waals surface area contributed by atoms with Crippen molar-refractivity contribution in [1.29, 1.82) is 0 Å². The molecule has 3 amide bonds. The van der Waals surface area contributed by atoms with Crippen LogP contribution in [-0.2, 0) is 16.1 Å². The molecule has 0 aliphatic carbocycles. The number of unbranched alkanes of at least 4 members (excludes halogenated alkanes) is 1. The van der Waals surface area contributed by atoms with E-state index >= 15 is 0 Å². The van der Waals surface area contributed by atoms with Gasteiger partial charge in [-0.05, 0) is 46.1 Å². The number of rotatable bonds is 10. The van der Waals surface area contributed by atoms with E-state index in [0.717, 1.165) is 18.4 Å². The van der Waals surface area contributed by atoms with Crippen molar-refractivity contribution in [3.05, 3.63) is 64.1 Å². The first kappa shape index (κ1) is 23.4. The van der Waals surface area contributed by atoms with Crippen molar-refractivity contribution in [2.45, 2.75) is 39.2 Å². The van der Waals surface area contributed by atoms with Crippen molar-refractivity contribution >= 4 is 33.7 Å². The first-order valence-corrected chi connectivity index (χ1v) is 10.6. The van der Waals surface area contributed by atoms with Crippen LogP contribution in [0.1, 0.15) is 48.5 Å². The number of carbonyl (C=O) groups excluding carboxylic acids is 3. The van der Waals surface area contributed by atoms with Gasteiger partial charge in [-0.1, -0.05) is 43.7 Å². The highest BCUT2D eigenvalue weighted by atomic mass is 79.9. The average Bonchev–Trinajstić information content (AvgIpc) is 2.76. The molecular formula is C22H26BrN3O4. The molecule has 0 radical (unpaired) electrons. The number of hydrazine groups is 1. The summed E-state index contributed by atoms with van der Waals surface area (Å²) in [5.74, 6) is -0.483. The maximum Gasteiger partial charge on any atom is 0.269 e. The summed E-state index contributed by atoms with van der Waals surface area (Å²) in [7, 11) is 0. The Morgan fingerprint density at radius 3 is 2.40 bits per heavy atom. The molecule has 0 heterocycles. The summed E-state index contributed by atoms with van der Waals surface area (Å²) < 4.78 is 6.29. The van der Waals surface area contributed by atoms with E-state index in [1.54, 1.807) is 18.2 Å². The minimum atomic E-state index is -0.460. The second kappa shape index (κ2) is 12.6. The number of nitrogens with one attached hydrogen (secondary N) is 3. The summed E-state index contributed by atoms with van der Waals surface area (Å²) in [5, 5.41) is 2.75. The van der Waals surface area contributed by atoms with Gasteiger partial charge in [-0.2, -0.15) is 0 Å². The Morgan fingerprint density at radius 2 is 1.70 bits per heavy atom. The number of carbonyl (C=O) groups is 3. The molecular weight excluding hydrogens is 450 g/mol. The molecule has 3 N–H and O–H groups in total. The van der Waals surface area contributed by atoms with E-state index in [0.29, 0.717) is 28.9 Å². The highest BCUT2D eigenvalue weighted by molar-refractivity contribution is 9.10. The third kappa shape index (κ3) is 8.24. The lowest BCUT2D eigenvalue weighted by atomic mass is 10.2. The summed E-state index contributed by atoms with van der Waals surface area (Å²) in [6, 6.07) is 14.4. The number of hydrogen-bond acceptors (Lipinski definition) is 4. The Morgan fingerprint density at radius 1 is 0.967 bits per heavy atom. The summed E-state index contributed by atoms with van der Waals surface area (Å²) >= 11 is 3.38. The molecule has 0 aromatic heterocycles. The quantitative estimate of drug-likeness (QED) is 0.361. The molecule has 8 heteroatoms. The maximum absolute atomic E-state index is 12.2. The number of amides is 3. The number of halogens is 1. The van der Waals surface area contributed by atoms with Gasteiger partial charge in [-0.25, -0.2) is 0 Å². The Hall–Kier alpha value is -2.87. The highest BCUT2D eigenvalue weighted by Gasteiger charge is 2.11. The van der Waals surface area contributed by atoms with Crippen molar-refractivity contribution in [2.75, 3.05) is 6.61 Å². The van der Waals surface area contributed by atoms with Gasteiger partial charge < -0.3 is 10.1 Å². The van der Waals surface area contributed by atoms with E-state index in [1.165, 1.54) is 0 Å². The smallest absolute Gasteiger partial charge is 0.269 e. The van der Waals surface area contributed by atoms with Crippen molar-refractivity contribution in [1.82, 2.24) is 16.2 Å². The van der Waals surface area contributed by atoms with Crippen LogP contribution in [0.25, 0.3) is 0 Å². The molecule has 0 fully saturated rings. The first-order chi connectivity index (χ1) is 14.5. The van der Waals surface area contributed by atoms with Crippen LogP contribution in [0, 0.1) is 0 Å². The highest BCUT2D eigenvalue weighted by Crippen LogP contribution is 2.26. The topological polar surface area (TPSA) is 96.5 Å². The zero-order valence-electron chi connectivity index (χ0n) is 16.9. The zero-order valence-corrected chi connectivity index (χ0v) is 18.5. The Kier molecular flexibility index (Phi) is 9.86. The Bertz CT molecular complexity index is 859. The van der Waals surface area contributed by atoms with Crippen LogP contribution < -0.4 is 20.9 Å². The largest absolute Gasteiger partial charge is 0.492 e. The minimum absolute atomic E-state index is 0.0316. The van der Waals surface area contributed by atoms with E-state index < -0.39 is 11.8 Å². The van der Waals surface area contributed by atoms with E-state index in [1.807, 2.05) is 30.3 Å². The van der Waals surface area contributed by atoms with Gasteiger partial charge in [0.1, 0.15) is 5.75 Å². The normalized spacial score (nSPS) is 10.2. The van der Waals surface area contributed by atoms with E-state index in [9.17, 15) is 14.4 Å². The van der Waals surface area contributed by atoms with Crippen LogP contribution >= 0.6 is 15.9 Å². The molecule has 0 aliphatic heterocycles. The van der Waals surface area contributed by atoms with Gasteiger partial charge >= 0.3 is 0 Å². The summed E-state index contributed by atoms with van der Waals surface area (Å²) in [4.78, 5) is 35.9. The molecule has 0 bridgehead atoms. The molecule has 0 aliphatic rings. The number of ether oxygens (including phenoxy) is 1. The number of hydrogen-bond donors (Lipinski definition) is 3. The lowest BCUT2D eigenvalue weighted by Gasteiger charge is -2.10. The lowest BCUT2D eigenvalue weighted by molar-refractivity contribution is -0.126. The third-order valence-corrected chi connectivity index (χ3v) is 4.80. The van der Waals surface area contributed by atoms with Gasteiger partial charge in [0.2, 0.25) is 11.8 Å². The average molecular weight is 476 g/mol. The van der Waals surface area contributed by atoms with Crippen LogP contribution in [-0.4, -0.2) is 24.3 Å². The standard InChI is InChI=1S/C22H26BrN3O4/c1-2-3-13-30-19-10-9-17(14-18(19)23)22(29)26-25-21(28)12-11-20(27)24-15-16-7-5-4-6-8-16/h4-10,14H,2-3,11-13,15H2,1H3,(H,24,27)(H,25,28)(H,26,29). The predicted octanol–water partition coefficient (Wildman–Crippen LogP) is 3.49. The second-order valence-corrected chi connectivity index (χ2v) is 7.47. The molecule has 2 rings (SSSR count). The maximum atomic E-state index is 12.2. The van der Waals surface area contributed by atoms with Gasteiger partial charge in [0.25, 0.3) is 5.91 Å². The fourth-order valence-electron chi connectivity index (χ4n) is 2.46. The molecule has 0 saturated heterocycles. The van der Waals surface area contributed by atoms with E-state index in [4.69, 9.17) is 4.74 Å². The zero-order chi connectivity index (χ0) is 21.8. The fraction of sp³-hybridized carbons (Fsp3) is 0.318. The van der Waals surface area contributed by atoms with Gasteiger partial charge in [-0.15, -0.1) is 0 Å². The van der Waals surface area contributed by atoms with Crippen molar-refractivity contribution in [3.63, 3.8) is 0 Å². The molecule has 160 valence electrons. The van der Waals surface area contributed by atoms with E-state index in [-0.39, 0.29) is 18.7 Å².